The highest BCUT2D eigenvalue weighted by Crippen LogP contribution is 2.14. The molecule has 0 radical (unpaired) electrons. The van der Waals surface area contributed by atoms with Crippen LogP contribution in [0, 0.1) is 0 Å². The molecule has 2 N–H and O–H groups in total. The van der Waals surface area contributed by atoms with Gasteiger partial charge >= 0.3 is 24.1 Å². The average molecular weight is 356 g/mol. The zero-order chi connectivity index (χ0) is 19.0. The Morgan fingerprint density at radius 1 is 1.08 bits per heavy atom. The Morgan fingerprint density at radius 3 is 2.12 bits per heavy atom. The van der Waals surface area contributed by atoms with E-state index in [9.17, 15) is 27.6 Å². The molecule has 0 aliphatic rings. The minimum absolute atomic E-state index is 0.133. The highest BCUT2D eigenvalue weighted by molar-refractivity contribution is 5.82. The lowest BCUT2D eigenvalue weighted by atomic mass is 10.1. The summed E-state index contributed by atoms with van der Waals surface area (Å²) in [5, 5.41) is 4.06. The molecule has 0 fully saturated rings. The quantitative estimate of drug-likeness (QED) is 0.537. The summed E-state index contributed by atoms with van der Waals surface area (Å²) in [7, 11) is 1.15. The number of alkyl carbamates (subject to hydrolysis) is 1. The van der Waals surface area contributed by atoms with Crippen LogP contribution in [0.3, 0.4) is 0 Å². The van der Waals surface area contributed by atoms with Gasteiger partial charge in [-0.05, 0) is 40.0 Å². The van der Waals surface area contributed by atoms with Crippen LogP contribution in [0.15, 0.2) is 0 Å². The highest BCUT2D eigenvalue weighted by atomic mass is 19.4. The van der Waals surface area contributed by atoms with E-state index in [1.54, 1.807) is 26.1 Å². The van der Waals surface area contributed by atoms with Crippen LogP contribution < -0.4 is 10.6 Å². The summed E-state index contributed by atoms with van der Waals surface area (Å²) in [5.41, 5.74) is -0.743. The van der Waals surface area contributed by atoms with Crippen LogP contribution in [0.4, 0.5) is 18.0 Å². The fourth-order valence-corrected chi connectivity index (χ4v) is 1.62. The number of esters is 1. The highest BCUT2D eigenvalue weighted by Gasteiger charge is 2.38. The number of halogens is 3. The van der Waals surface area contributed by atoms with E-state index in [1.165, 1.54) is 0 Å². The molecule has 0 aliphatic heterocycles. The Morgan fingerprint density at radius 2 is 1.67 bits per heavy atom. The fraction of sp³-hybridized carbons (Fsp3) is 0.786. The second-order valence-corrected chi connectivity index (χ2v) is 5.97. The van der Waals surface area contributed by atoms with Crippen molar-refractivity contribution in [3.05, 3.63) is 0 Å². The molecule has 0 rings (SSSR count). The number of hydrogen-bond acceptors (Lipinski definition) is 5. The van der Waals surface area contributed by atoms with E-state index >= 15 is 0 Å². The van der Waals surface area contributed by atoms with Crippen molar-refractivity contribution in [2.45, 2.75) is 57.9 Å². The Hall–Kier alpha value is -2.00. The van der Waals surface area contributed by atoms with Gasteiger partial charge in [-0.3, -0.25) is 4.79 Å². The van der Waals surface area contributed by atoms with Crippen LogP contribution in [0.25, 0.3) is 0 Å². The number of hydrogen-bond donors (Lipinski definition) is 2. The molecule has 24 heavy (non-hydrogen) atoms. The van der Waals surface area contributed by atoms with Crippen molar-refractivity contribution in [1.29, 1.82) is 0 Å². The van der Waals surface area contributed by atoms with E-state index in [1.807, 2.05) is 0 Å². The summed E-state index contributed by atoms with van der Waals surface area (Å²) >= 11 is 0. The summed E-state index contributed by atoms with van der Waals surface area (Å²) in [4.78, 5) is 33.9. The first-order valence-corrected chi connectivity index (χ1v) is 7.29. The van der Waals surface area contributed by atoms with Gasteiger partial charge in [-0.1, -0.05) is 0 Å². The number of rotatable bonds is 7. The van der Waals surface area contributed by atoms with E-state index < -0.39 is 35.8 Å². The first-order chi connectivity index (χ1) is 10.9. The largest absolute Gasteiger partial charge is 0.471 e. The monoisotopic (exact) mass is 356 g/mol. The zero-order valence-electron chi connectivity index (χ0n) is 14.1. The third kappa shape index (κ3) is 9.90. The maximum atomic E-state index is 12.0. The van der Waals surface area contributed by atoms with Gasteiger partial charge in [-0.2, -0.15) is 13.2 Å². The molecule has 140 valence electrons. The summed E-state index contributed by atoms with van der Waals surface area (Å²) in [5.74, 6) is -2.71. The lowest BCUT2D eigenvalue weighted by molar-refractivity contribution is -0.173. The first-order valence-electron chi connectivity index (χ1n) is 7.29. The van der Waals surface area contributed by atoms with Crippen molar-refractivity contribution in [2.75, 3.05) is 13.7 Å². The SMILES string of the molecule is COC(=O)C(CCCCNC(=O)C(F)(F)F)NC(=O)OC(C)(C)C. The van der Waals surface area contributed by atoms with Gasteiger partial charge in [-0.25, -0.2) is 9.59 Å². The minimum Gasteiger partial charge on any atom is -0.467 e. The van der Waals surface area contributed by atoms with Crippen molar-refractivity contribution in [3.8, 4) is 0 Å². The molecule has 0 saturated heterocycles. The summed E-state index contributed by atoms with van der Waals surface area (Å²) in [6.45, 7) is 4.77. The number of methoxy groups -OCH3 is 1. The molecule has 0 spiro atoms. The molecule has 0 bridgehead atoms. The van der Waals surface area contributed by atoms with Crippen LogP contribution in [-0.2, 0) is 19.1 Å². The Labute approximate surface area is 138 Å². The molecule has 7 nitrogen and oxygen atoms in total. The number of amides is 2. The van der Waals surface area contributed by atoms with Gasteiger partial charge < -0.3 is 20.1 Å². The number of nitrogens with one attached hydrogen (secondary N) is 2. The Bertz CT molecular complexity index is 447. The van der Waals surface area contributed by atoms with Crippen LogP contribution >= 0.6 is 0 Å². The number of carbonyl (C=O) groups excluding carboxylic acids is 3. The maximum absolute atomic E-state index is 12.0. The fourth-order valence-electron chi connectivity index (χ4n) is 1.62. The molecular weight excluding hydrogens is 333 g/mol. The molecule has 1 unspecified atom stereocenters. The van der Waals surface area contributed by atoms with E-state index in [2.05, 4.69) is 10.1 Å². The standard InChI is InChI=1S/C14H23F3N2O5/c1-13(2,3)24-12(22)19-9(10(20)23-4)7-5-6-8-18-11(21)14(15,16)17/h9H,5-8H2,1-4H3,(H,18,21)(H,19,22). The second-order valence-electron chi connectivity index (χ2n) is 5.97. The van der Waals surface area contributed by atoms with Gasteiger partial charge in [0.15, 0.2) is 0 Å². The van der Waals surface area contributed by atoms with E-state index in [-0.39, 0.29) is 25.8 Å². The average Bonchev–Trinajstić information content (AvgIpc) is 2.41. The maximum Gasteiger partial charge on any atom is 0.471 e. The molecule has 0 saturated carbocycles. The number of alkyl halides is 3. The number of carbonyl (C=O) groups is 3. The predicted molar refractivity (Wildman–Crippen MR) is 78.1 cm³/mol. The molecule has 1 atom stereocenters. The van der Waals surface area contributed by atoms with Crippen LogP contribution in [0.5, 0.6) is 0 Å². The normalized spacial score (nSPS) is 13.0. The van der Waals surface area contributed by atoms with Crippen LogP contribution in [0.2, 0.25) is 0 Å². The van der Waals surface area contributed by atoms with Crippen molar-refractivity contribution in [1.82, 2.24) is 10.6 Å². The second kappa shape index (κ2) is 9.33. The first kappa shape index (κ1) is 22.0. The number of ether oxygens (including phenoxy) is 2. The summed E-state index contributed by atoms with van der Waals surface area (Å²) in [6.07, 6.45) is -5.11. The van der Waals surface area contributed by atoms with Gasteiger partial charge in [0.2, 0.25) is 0 Å². The Balaban J connectivity index is 4.29. The topological polar surface area (TPSA) is 93.7 Å². The van der Waals surface area contributed by atoms with Crippen molar-refractivity contribution >= 4 is 18.0 Å². The Kier molecular flexibility index (Phi) is 8.56. The molecule has 0 aromatic rings. The van der Waals surface area contributed by atoms with Crippen molar-refractivity contribution in [3.63, 3.8) is 0 Å². The molecule has 0 heterocycles. The third-order valence-electron chi connectivity index (χ3n) is 2.64. The smallest absolute Gasteiger partial charge is 0.467 e. The molecule has 0 aliphatic carbocycles. The molecule has 2 amide bonds. The van der Waals surface area contributed by atoms with Crippen LogP contribution in [-0.4, -0.2) is 49.4 Å². The number of unbranched alkanes of at least 4 members (excludes halogenated alkanes) is 1. The van der Waals surface area contributed by atoms with Crippen LogP contribution in [0.1, 0.15) is 40.0 Å². The van der Waals surface area contributed by atoms with Gasteiger partial charge in [0, 0.05) is 6.54 Å². The van der Waals surface area contributed by atoms with E-state index in [0.29, 0.717) is 0 Å². The van der Waals surface area contributed by atoms with Gasteiger partial charge in [0.25, 0.3) is 0 Å². The molecular formula is C14H23F3N2O5. The van der Waals surface area contributed by atoms with Gasteiger partial charge in [-0.15, -0.1) is 0 Å². The molecule has 0 aromatic heterocycles. The van der Waals surface area contributed by atoms with E-state index in [4.69, 9.17) is 4.74 Å². The van der Waals surface area contributed by atoms with Crippen molar-refractivity contribution in [2.24, 2.45) is 0 Å². The minimum atomic E-state index is -4.92. The lowest BCUT2D eigenvalue weighted by Gasteiger charge is -2.22. The van der Waals surface area contributed by atoms with Gasteiger partial charge in [0.05, 0.1) is 7.11 Å². The predicted octanol–water partition coefficient (Wildman–Crippen LogP) is 1.90. The zero-order valence-corrected chi connectivity index (χ0v) is 14.1. The molecule has 10 heteroatoms. The van der Waals surface area contributed by atoms with Gasteiger partial charge in [0.1, 0.15) is 11.6 Å². The van der Waals surface area contributed by atoms with Crippen molar-refractivity contribution < 1.29 is 37.0 Å². The molecule has 0 aromatic carbocycles. The lowest BCUT2D eigenvalue weighted by Crippen LogP contribution is -2.44. The third-order valence-corrected chi connectivity index (χ3v) is 2.64. The summed E-state index contributed by atoms with van der Waals surface area (Å²) in [6, 6.07) is -0.983. The summed E-state index contributed by atoms with van der Waals surface area (Å²) < 4.78 is 45.5. The van der Waals surface area contributed by atoms with E-state index in [0.717, 1.165) is 7.11 Å².